The number of carbonyl (C=O) groups is 2. The lowest BCUT2D eigenvalue weighted by Crippen LogP contribution is -2.40. The first-order valence-corrected chi connectivity index (χ1v) is 10.9. The molecule has 10 nitrogen and oxygen atoms in total. The lowest BCUT2D eigenvalue weighted by atomic mass is 10.1. The molecule has 2 rings (SSSR count). The summed E-state index contributed by atoms with van der Waals surface area (Å²) in [6.45, 7) is 4.21. The van der Waals surface area contributed by atoms with Crippen LogP contribution in [0.4, 0.5) is 5.95 Å². The predicted molar refractivity (Wildman–Crippen MR) is 117 cm³/mol. The summed E-state index contributed by atoms with van der Waals surface area (Å²) >= 11 is 0. The van der Waals surface area contributed by atoms with Crippen LogP contribution in [0.25, 0.3) is 11.2 Å². The quantitative estimate of drug-likeness (QED) is 0.342. The van der Waals surface area contributed by atoms with Gasteiger partial charge in [-0.15, -0.1) is 0 Å². The molecule has 3 N–H and O–H groups in total. The lowest BCUT2D eigenvalue weighted by Gasteiger charge is -2.12. The fraction of sp³-hybridized carbons (Fsp3) is 0.667. The number of carbonyl (C=O) groups excluding carboxylic acids is 2. The second-order valence-corrected chi connectivity index (χ2v) is 7.57. The number of nitrogen functional groups attached to an aromatic ring is 1. The van der Waals surface area contributed by atoms with Gasteiger partial charge in [0.2, 0.25) is 17.7 Å². The van der Waals surface area contributed by atoms with Gasteiger partial charge in [0.15, 0.2) is 11.2 Å². The van der Waals surface area contributed by atoms with Gasteiger partial charge in [-0.2, -0.15) is 9.97 Å². The summed E-state index contributed by atoms with van der Waals surface area (Å²) < 4.78 is 12.0. The zero-order valence-electron chi connectivity index (χ0n) is 18.7. The molecule has 2 aromatic heterocycles. The fourth-order valence-electron chi connectivity index (χ4n) is 3.23. The number of rotatable bonds is 14. The second-order valence-electron chi connectivity index (χ2n) is 7.57. The van der Waals surface area contributed by atoms with Gasteiger partial charge in [-0.05, 0) is 13.3 Å². The highest BCUT2D eigenvalue weighted by Crippen LogP contribution is 2.22. The Hall–Kier alpha value is -2.91. The number of amides is 1. The molecule has 2 heterocycles. The summed E-state index contributed by atoms with van der Waals surface area (Å²) in [5.74, 6) is -0.543. The Kier molecular flexibility index (Phi) is 9.99. The number of unbranched alkanes of at least 4 members (excludes halogenated alkanes) is 7. The number of nitrogens with one attached hydrogen (secondary N) is 1. The minimum absolute atomic E-state index is 0.0449. The first-order chi connectivity index (χ1) is 15.0. The van der Waals surface area contributed by atoms with Gasteiger partial charge < -0.3 is 25.1 Å². The van der Waals surface area contributed by atoms with E-state index in [1.807, 2.05) is 0 Å². The van der Waals surface area contributed by atoms with E-state index in [1.54, 1.807) is 6.92 Å². The molecule has 0 saturated carbocycles. The first-order valence-electron chi connectivity index (χ1n) is 10.9. The molecule has 0 fully saturated rings. The smallest absolute Gasteiger partial charge is 0.328 e. The maximum atomic E-state index is 12.2. The van der Waals surface area contributed by atoms with E-state index in [4.69, 9.17) is 10.5 Å². The Labute approximate surface area is 182 Å². The molecule has 0 radical (unpaired) electrons. The maximum Gasteiger partial charge on any atom is 0.328 e. The van der Waals surface area contributed by atoms with Crippen LogP contribution in [0.5, 0.6) is 5.88 Å². The van der Waals surface area contributed by atoms with E-state index in [0.717, 1.165) is 12.8 Å². The van der Waals surface area contributed by atoms with Crippen LogP contribution in [0.1, 0.15) is 65.2 Å². The van der Waals surface area contributed by atoms with E-state index in [9.17, 15) is 9.59 Å². The molecule has 1 atom stereocenters. The summed E-state index contributed by atoms with van der Waals surface area (Å²) in [4.78, 5) is 36.3. The molecule has 0 aliphatic rings. The molecule has 31 heavy (non-hydrogen) atoms. The molecule has 0 unspecified atom stereocenters. The Bertz CT molecular complexity index is 854. The molecule has 2 aromatic rings. The Morgan fingerprint density at radius 2 is 1.81 bits per heavy atom. The molecule has 10 heteroatoms. The molecule has 0 bridgehead atoms. The van der Waals surface area contributed by atoms with Crippen molar-refractivity contribution in [2.45, 2.75) is 77.8 Å². The SMILES string of the molecule is CCCCCCCCCCOc1nc(N)nc2c1ncn2CC(=O)N[C@@H](C)C(=O)OC. The lowest BCUT2D eigenvalue weighted by molar-refractivity contribution is -0.144. The number of hydrogen-bond acceptors (Lipinski definition) is 8. The van der Waals surface area contributed by atoms with Crippen LogP contribution in [0, 0.1) is 0 Å². The number of nitrogens with zero attached hydrogens (tertiary/aromatic N) is 4. The van der Waals surface area contributed by atoms with Crippen LogP contribution in [0.2, 0.25) is 0 Å². The van der Waals surface area contributed by atoms with Gasteiger partial charge in [0.1, 0.15) is 12.6 Å². The molecule has 0 aromatic carbocycles. The number of hydrogen-bond donors (Lipinski definition) is 2. The zero-order valence-corrected chi connectivity index (χ0v) is 18.7. The van der Waals surface area contributed by atoms with Crippen molar-refractivity contribution in [1.82, 2.24) is 24.8 Å². The van der Waals surface area contributed by atoms with E-state index < -0.39 is 12.0 Å². The fourth-order valence-corrected chi connectivity index (χ4v) is 3.23. The molecular formula is C21H34N6O4. The third-order valence-electron chi connectivity index (χ3n) is 4.93. The van der Waals surface area contributed by atoms with Gasteiger partial charge in [0, 0.05) is 0 Å². The Balaban J connectivity index is 1.89. The van der Waals surface area contributed by atoms with Gasteiger partial charge in [-0.25, -0.2) is 9.78 Å². The van der Waals surface area contributed by atoms with Crippen LogP contribution in [-0.2, 0) is 20.9 Å². The molecule has 0 aliphatic carbocycles. The average molecular weight is 435 g/mol. The molecule has 0 spiro atoms. The van der Waals surface area contributed by atoms with Gasteiger partial charge in [0.05, 0.1) is 20.0 Å². The van der Waals surface area contributed by atoms with Crippen molar-refractivity contribution in [3.05, 3.63) is 6.33 Å². The minimum atomic E-state index is -0.752. The van der Waals surface area contributed by atoms with Crippen molar-refractivity contribution in [1.29, 1.82) is 0 Å². The van der Waals surface area contributed by atoms with Gasteiger partial charge in [-0.1, -0.05) is 51.9 Å². The highest BCUT2D eigenvalue weighted by molar-refractivity contribution is 5.85. The van der Waals surface area contributed by atoms with E-state index in [2.05, 4.69) is 31.9 Å². The van der Waals surface area contributed by atoms with E-state index in [-0.39, 0.29) is 18.4 Å². The van der Waals surface area contributed by atoms with Crippen molar-refractivity contribution in [2.75, 3.05) is 19.5 Å². The summed E-state index contributed by atoms with van der Waals surface area (Å²) in [6.07, 6.45) is 11.1. The molecule has 0 aliphatic heterocycles. The molecule has 0 saturated heterocycles. The summed E-state index contributed by atoms with van der Waals surface area (Å²) in [5, 5.41) is 2.56. The van der Waals surface area contributed by atoms with Crippen LogP contribution in [-0.4, -0.2) is 51.2 Å². The second kappa shape index (κ2) is 12.7. The standard InChI is InChI=1S/C21H34N6O4/c1-4-5-6-7-8-9-10-11-12-31-19-17-18(25-21(22)26-19)27(14-23-17)13-16(28)24-15(2)20(29)30-3/h14-15H,4-13H2,1-3H3,(H,24,28)(H2,22,25,26)/t15-/m0/s1. The largest absolute Gasteiger partial charge is 0.476 e. The molecule has 1 amide bonds. The van der Waals surface area contributed by atoms with Crippen molar-refractivity contribution >= 4 is 29.0 Å². The van der Waals surface area contributed by atoms with Crippen LogP contribution < -0.4 is 15.8 Å². The van der Waals surface area contributed by atoms with Crippen molar-refractivity contribution in [2.24, 2.45) is 0 Å². The third-order valence-corrected chi connectivity index (χ3v) is 4.93. The number of nitrogens with two attached hydrogens (primary N) is 1. The Morgan fingerprint density at radius 1 is 1.13 bits per heavy atom. The topological polar surface area (TPSA) is 134 Å². The average Bonchev–Trinajstić information content (AvgIpc) is 3.14. The van der Waals surface area contributed by atoms with Gasteiger partial charge in [-0.3, -0.25) is 4.79 Å². The van der Waals surface area contributed by atoms with Crippen LogP contribution >= 0.6 is 0 Å². The predicted octanol–water partition coefficient (Wildman–Crippen LogP) is 2.61. The van der Waals surface area contributed by atoms with E-state index in [0.29, 0.717) is 23.7 Å². The van der Waals surface area contributed by atoms with Crippen molar-refractivity contribution in [3.8, 4) is 5.88 Å². The molecular weight excluding hydrogens is 400 g/mol. The zero-order chi connectivity index (χ0) is 22.6. The number of methoxy groups -OCH3 is 1. The van der Waals surface area contributed by atoms with E-state index >= 15 is 0 Å². The van der Waals surface area contributed by atoms with Gasteiger partial charge in [0.25, 0.3) is 0 Å². The normalized spacial score (nSPS) is 12.0. The number of ether oxygens (including phenoxy) is 2. The number of esters is 1. The number of aromatic nitrogens is 4. The highest BCUT2D eigenvalue weighted by atomic mass is 16.5. The van der Waals surface area contributed by atoms with Crippen molar-refractivity contribution in [3.63, 3.8) is 0 Å². The van der Waals surface area contributed by atoms with Gasteiger partial charge >= 0.3 is 5.97 Å². The first kappa shape index (κ1) is 24.4. The van der Waals surface area contributed by atoms with Crippen molar-refractivity contribution < 1.29 is 19.1 Å². The summed E-state index contributed by atoms with van der Waals surface area (Å²) in [5.41, 5.74) is 6.68. The summed E-state index contributed by atoms with van der Waals surface area (Å²) in [6, 6.07) is -0.752. The number of imidazole rings is 1. The minimum Gasteiger partial charge on any atom is -0.476 e. The maximum absolute atomic E-state index is 12.2. The van der Waals surface area contributed by atoms with Crippen LogP contribution in [0.3, 0.4) is 0 Å². The Morgan fingerprint density at radius 3 is 2.48 bits per heavy atom. The number of fused-ring (bicyclic) bond motifs is 1. The van der Waals surface area contributed by atoms with E-state index in [1.165, 1.54) is 56.5 Å². The highest BCUT2D eigenvalue weighted by Gasteiger charge is 2.18. The van der Waals surface area contributed by atoms with Crippen LogP contribution in [0.15, 0.2) is 6.33 Å². The third kappa shape index (κ3) is 7.69. The molecule has 172 valence electrons. The summed E-state index contributed by atoms with van der Waals surface area (Å²) in [7, 11) is 1.27. The monoisotopic (exact) mass is 434 g/mol. The number of anilines is 1.